The number of aliphatic imine (C=N–C) groups is 4. The number of guanidine groups is 1. The fraction of sp³-hybridized carbons (Fsp3) is 0. The summed E-state index contributed by atoms with van der Waals surface area (Å²) >= 11 is 0. The van der Waals surface area contributed by atoms with Gasteiger partial charge in [-0.25, -0.2) is 19.9 Å². The average molecular weight is 195 g/mol. The highest BCUT2D eigenvalue weighted by atomic mass is 15.4. The van der Waals surface area contributed by atoms with E-state index >= 15 is 0 Å². The van der Waals surface area contributed by atoms with Crippen LogP contribution in [-0.4, -0.2) is 28.9 Å². The Morgan fingerprint density at radius 2 is 2.27 bits per heavy atom. The molecule has 0 saturated carbocycles. The van der Waals surface area contributed by atoms with Crippen LogP contribution >= 0.6 is 0 Å². The fourth-order valence-electron chi connectivity index (χ4n) is 1.45. The maximum Gasteiger partial charge on any atom is 0.241 e. The minimum absolute atomic E-state index is 0.334. The van der Waals surface area contributed by atoms with Crippen LogP contribution in [0.1, 0.15) is 0 Å². The van der Waals surface area contributed by atoms with E-state index in [0.717, 1.165) is 5.84 Å². The van der Waals surface area contributed by atoms with Crippen molar-refractivity contribution in [3.8, 4) is 12.3 Å². The Bertz CT molecular complexity index is 549. The Morgan fingerprint density at radius 1 is 1.33 bits per heavy atom. The summed E-state index contributed by atoms with van der Waals surface area (Å²) in [6.45, 7) is 0. The Labute approximate surface area is 86.0 Å². The number of hydrogen-bond acceptors (Lipinski definition) is 5. The molecule has 5 nitrogen and oxygen atoms in total. The summed E-state index contributed by atoms with van der Waals surface area (Å²) < 4.78 is 0. The molecule has 0 aromatic heterocycles. The monoisotopic (exact) mass is 195 g/mol. The molecule has 3 aliphatic heterocycles. The standard InChI is InChI=1S/C10H5N5/c1-2-7-13-9-5-3-4-8-11-6-12-10(14-7)15(8)9/h1,3-6H. The van der Waals surface area contributed by atoms with Gasteiger partial charge in [-0.15, -0.1) is 6.42 Å². The van der Waals surface area contributed by atoms with E-state index in [1.165, 1.54) is 6.34 Å². The van der Waals surface area contributed by atoms with Gasteiger partial charge in [0.25, 0.3) is 0 Å². The summed E-state index contributed by atoms with van der Waals surface area (Å²) in [4.78, 5) is 18.2. The molecular formula is C10H5N5. The molecule has 0 aromatic rings. The van der Waals surface area contributed by atoms with Crippen LogP contribution in [0.2, 0.25) is 0 Å². The Morgan fingerprint density at radius 3 is 3.13 bits per heavy atom. The summed E-state index contributed by atoms with van der Waals surface area (Å²) in [6.07, 6.45) is 12.3. The molecule has 15 heavy (non-hydrogen) atoms. The fourth-order valence-corrected chi connectivity index (χ4v) is 1.45. The molecule has 0 aromatic carbocycles. The van der Waals surface area contributed by atoms with Gasteiger partial charge >= 0.3 is 0 Å². The van der Waals surface area contributed by atoms with Gasteiger partial charge in [-0.1, -0.05) is 6.08 Å². The number of amidine groups is 2. The van der Waals surface area contributed by atoms with Gasteiger partial charge in [-0.05, 0) is 18.1 Å². The van der Waals surface area contributed by atoms with Crippen molar-refractivity contribution in [2.75, 3.05) is 0 Å². The van der Waals surface area contributed by atoms with Gasteiger partial charge in [0.1, 0.15) is 18.0 Å². The molecule has 0 N–H and O–H groups in total. The van der Waals surface area contributed by atoms with E-state index in [1.54, 1.807) is 4.90 Å². The molecule has 0 saturated heterocycles. The van der Waals surface area contributed by atoms with Crippen LogP contribution in [0.3, 0.4) is 0 Å². The zero-order chi connectivity index (χ0) is 10.3. The van der Waals surface area contributed by atoms with E-state index in [4.69, 9.17) is 6.42 Å². The van der Waals surface area contributed by atoms with Gasteiger partial charge in [-0.2, -0.15) is 4.99 Å². The van der Waals surface area contributed by atoms with Crippen LogP contribution in [-0.2, 0) is 0 Å². The minimum atomic E-state index is 0.334. The normalized spacial score (nSPS) is 20.9. The highest BCUT2D eigenvalue weighted by molar-refractivity contribution is 6.19. The lowest BCUT2D eigenvalue weighted by molar-refractivity contribution is 0.713. The first kappa shape index (κ1) is 7.88. The van der Waals surface area contributed by atoms with E-state index < -0.39 is 0 Å². The molecule has 0 bridgehead atoms. The lowest BCUT2D eigenvalue weighted by Gasteiger charge is -2.28. The molecular weight excluding hydrogens is 190 g/mol. The third kappa shape index (κ3) is 1.05. The Kier molecular flexibility index (Phi) is 1.45. The highest BCUT2D eigenvalue weighted by Gasteiger charge is 2.27. The van der Waals surface area contributed by atoms with E-state index in [2.05, 4.69) is 25.9 Å². The molecule has 0 radical (unpaired) electrons. The number of allylic oxidation sites excluding steroid dienone is 2. The van der Waals surface area contributed by atoms with Crippen molar-refractivity contribution in [1.82, 2.24) is 4.90 Å². The zero-order valence-corrected chi connectivity index (χ0v) is 7.62. The first-order valence-corrected chi connectivity index (χ1v) is 4.31. The van der Waals surface area contributed by atoms with E-state index in [1.807, 2.05) is 18.2 Å². The quantitative estimate of drug-likeness (QED) is 0.520. The minimum Gasteiger partial charge on any atom is -0.246 e. The smallest absolute Gasteiger partial charge is 0.241 e. The molecule has 3 rings (SSSR count). The average Bonchev–Trinajstić information content (AvgIpc) is 2.29. The number of nitrogens with zero attached hydrogens (tertiary/aromatic N) is 5. The van der Waals surface area contributed by atoms with Crippen molar-refractivity contribution >= 4 is 24.0 Å². The Hall–Kier alpha value is -2.48. The van der Waals surface area contributed by atoms with E-state index in [-0.39, 0.29) is 0 Å². The van der Waals surface area contributed by atoms with Crippen molar-refractivity contribution in [2.45, 2.75) is 0 Å². The van der Waals surface area contributed by atoms with Gasteiger partial charge < -0.3 is 0 Å². The highest BCUT2D eigenvalue weighted by Crippen LogP contribution is 2.20. The van der Waals surface area contributed by atoms with Crippen LogP contribution in [0.25, 0.3) is 0 Å². The molecule has 0 unspecified atom stereocenters. The van der Waals surface area contributed by atoms with Crippen LogP contribution in [0.5, 0.6) is 0 Å². The first-order chi connectivity index (χ1) is 7.38. The topological polar surface area (TPSA) is 52.7 Å². The molecule has 0 amide bonds. The predicted octanol–water partition coefficient (Wildman–Crippen LogP) is 0.541. The zero-order valence-electron chi connectivity index (χ0n) is 7.62. The van der Waals surface area contributed by atoms with E-state index in [9.17, 15) is 0 Å². The maximum atomic E-state index is 5.26. The van der Waals surface area contributed by atoms with Crippen molar-refractivity contribution in [1.29, 1.82) is 0 Å². The summed E-state index contributed by atoms with van der Waals surface area (Å²) in [5.41, 5.74) is 0. The number of rotatable bonds is 0. The molecule has 0 fully saturated rings. The van der Waals surface area contributed by atoms with Crippen LogP contribution in [0, 0.1) is 12.3 Å². The maximum absolute atomic E-state index is 5.26. The van der Waals surface area contributed by atoms with Crippen molar-refractivity contribution in [2.24, 2.45) is 20.0 Å². The first-order valence-electron chi connectivity index (χ1n) is 4.31. The molecule has 0 atom stereocenters. The summed E-state index contributed by atoms with van der Waals surface area (Å²) in [5.74, 6) is 4.70. The van der Waals surface area contributed by atoms with Gasteiger partial charge in [0.2, 0.25) is 11.8 Å². The molecule has 70 valence electrons. The third-order valence-electron chi connectivity index (χ3n) is 2.07. The third-order valence-corrected chi connectivity index (χ3v) is 2.07. The largest absolute Gasteiger partial charge is 0.246 e. The van der Waals surface area contributed by atoms with Gasteiger partial charge in [0.05, 0.1) is 0 Å². The molecule has 3 heterocycles. The molecule has 0 aliphatic carbocycles. The van der Waals surface area contributed by atoms with Crippen molar-refractivity contribution < 1.29 is 0 Å². The second-order valence-electron chi connectivity index (χ2n) is 2.94. The van der Waals surface area contributed by atoms with E-state index in [0.29, 0.717) is 17.6 Å². The van der Waals surface area contributed by atoms with Crippen LogP contribution in [0.15, 0.2) is 44.0 Å². The van der Waals surface area contributed by atoms with Crippen LogP contribution < -0.4 is 0 Å². The van der Waals surface area contributed by atoms with Crippen molar-refractivity contribution in [3.63, 3.8) is 0 Å². The lowest BCUT2D eigenvalue weighted by Crippen LogP contribution is -2.39. The summed E-state index contributed by atoms with van der Waals surface area (Å²) in [5, 5.41) is 0. The summed E-state index contributed by atoms with van der Waals surface area (Å²) in [7, 11) is 0. The van der Waals surface area contributed by atoms with Crippen molar-refractivity contribution in [3.05, 3.63) is 24.0 Å². The number of hydrogen-bond donors (Lipinski definition) is 0. The van der Waals surface area contributed by atoms with Gasteiger partial charge in [-0.3, -0.25) is 0 Å². The second kappa shape index (κ2) is 2.75. The van der Waals surface area contributed by atoms with Crippen LogP contribution in [0.4, 0.5) is 0 Å². The molecule has 5 heteroatoms. The Balaban J connectivity index is 2.22. The van der Waals surface area contributed by atoms with Gasteiger partial charge in [0, 0.05) is 0 Å². The molecule has 0 spiro atoms. The SMILES string of the molecule is C#CC1=NC2=CC=CC3=NC=NC(=N1)N23. The molecule has 3 aliphatic rings. The van der Waals surface area contributed by atoms with Gasteiger partial charge in [0.15, 0.2) is 0 Å². The number of terminal acetylenes is 1. The predicted molar refractivity (Wildman–Crippen MR) is 58.7 cm³/mol. The summed E-state index contributed by atoms with van der Waals surface area (Å²) in [6, 6.07) is 0. The second-order valence-corrected chi connectivity index (χ2v) is 2.94. The lowest BCUT2D eigenvalue weighted by atomic mass is 10.3.